The zero-order chi connectivity index (χ0) is 7.23. The molecule has 0 atom stereocenters. The van der Waals surface area contributed by atoms with Crippen molar-refractivity contribution in [3.8, 4) is 0 Å². The van der Waals surface area contributed by atoms with Crippen molar-refractivity contribution in [2.45, 2.75) is 26.2 Å². The van der Waals surface area contributed by atoms with Crippen molar-refractivity contribution in [2.24, 2.45) is 0 Å². The van der Waals surface area contributed by atoms with Gasteiger partial charge in [0.25, 0.3) is 0 Å². The Labute approximate surface area is 62.4 Å². The van der Waals surface area contributed by atoms with Crippen molar-refractivity contribution >= 4 is 0 Å². The lowest BCUT2D eigenvalue weighted by Crippen LogP contribution is -1.91. The van der Waals surface area contributed by atoms with E-state index in [9.17, 15) is 0 Å². The quantitative estimate of drug-likeness (QED) is 0.582. The first-order valence-corrected chi connectivity index (χ1v) is 3.90. The van der Waals surface area contributed by atoms with Gasteiger partial charge in [-0.25, -0.2) is 0 Å². The molecule has 1 aliphatic rings. The van der Waals surface area contributed by atoms with Crippen LogP contribution in [0.15, 0.2) is 24.0 Å². The van der Waals surface area contributed by atoms with Crippen LogP contribution in [-0.4, -0.2) is 6.61 Å². The van der Waals surface area contributed by atoms with E-state index in [1.54, 1.807) is 0 Å². The van der Waals surface area contributed by atoms with Crippen molar-refractivity contribution in [3.63, 3.8) is 0 Å². The maximum absolute atomic E-state index is 5.13. The summed E-state index contributed by atoms with van der Waals surface area (Å²) in [5.41, 5.74) is 1.33. The van der Waals surface area contributed by atoms with Gasteiger partial charge in [0.1, 0.15) is 6.61 Å². The van der Waals surface area contributed by atoms with E-state index in [0.717, 1.165) is 13.0 Å². The number of ether oxygens (including phenoxy) is 1. The highest BCUT2D eigenvalue weighted by atomic mass is 16.5. The Morgan fingerprint density at radius 1 is 1.60 bits per heavy atom. The summed E-state index contributed by atoms with van der Waals surface area (Å²) in [5, 5.41) is 0. The molecule has 1 rings (SSSR count). The van der Waals surface area contributed by atoms with Gasteiger partial charge >= 0.3 is 0 Å². The fourth-order valence-electron chi connectivity index (χ4n) is 0.973. The van der Waals surface area contributed by atoms with Crippen LogP contribution in [0.4, 0.5) is 0 Å². The van der Waals surface area contributed by atoms with Crippen LogP contribution in [0, 0.1) is 0 Å². The van der Waals surface area contributed by atoms with Crippen LogP contribution < -0.4 is 0 Å². The molecule has 1 nitrogen and oxygen atoms in total. The molecule has 0 spiro atoms. The molecule has 0 aromatic carbocycles. The van der Waals surface area contributed by atoms with Crippen LogP contribution in [0.3, 0.4) is 0 Å². The minimum atomic E-state index is 0.746. The molecule has 1 heterocycles. The number of allylic oxidation sites excluding steroid dienone is 2. The van der Waals surface area contributed by atoms with Crippen LogP contribution in [0.5, 0.6) is 0 Å². The third-order valence-corrected chi connectivity index (χ3v) is 1.58. The summed E-state index contributed by atoms with van der Waals surface area (Å²) in [6.45, 7) is 2.95. The van der Waals surface area contributed by atoms with Crippen molar-refractivity contribution in [3.05, 3.63) is 24.0 Å². The Balaban J connectivity index is 2.26. The second-order valence-electron chi connectivity index (χ2n) is 2.53. The average Bonchev–Trinajstić information content (AvgIpc) is 2.03. The van der Waals surface area contributed by atoms with Gasteiger partial charge in [0.2, 0.25) is 0 Å². The van der Waals surface area contributed by atoms with Gasteiger partial charge in [-0.15, -0.1) is 0 Å². The zero-order valence-electron chi connectivity index (χ0n) is 6.47. The van der Waals surface area contributed by atoms with Gasteiger partial charge in [-0.1, -0.05) is 19.4 Å². The lowest BCUT2D eigenvalue weighted by molar-refractivity contribution is 0.281. The minimum Gasteiger partial charge on any atom is -0.497 e. The topological polar surface area (TPSA) is 9.23 Å². The number of hydrogen-bond donors (Lipinski definition) is 0. The monoisotopic (exact) mass is 138 g/mol. The molecule has 0 aliphatic carbocycles. The van der Waals surface area contributed by atoms with E-state index in [-0.39, 0.29) is 0 Å². The molecule has 0 unspecified atom stereocenters. The molecular formula is C9H14O. The highest BCUT2D eigenvalue weighted by Gasteiger charge is 1.95. The summed E-state index contributed by atoms with van der Waals surface area (Å²) in [6.07, 6.45) is 9.76. The fourth-order valence-corrected chi connectivity index (χ4v) is 0.973. The van der Waals surface area contributed by atoms with Crippen molar-refractivity contribution < 1.29 is 4.74 Å². The normalized spacial score (nSPS) is 16.3. The van der Waals surface area contributed by atoms with Crippen LogP contribution >= 0.6 is 0 Å². The van der Waals surface area contributed by atoms with Gasteiger partial charge in [-0.3, -0.25) is 0 Å². The first-order valence-electron chi connectivity index (χ1n) is 3.90. The minimum absolute atomic E-state index is 0.746. The summed E-state index contributed by atoms with van der Waals surface area (Å²) < 4.78 is 5.13. The largest absolute Gasteiger partial charge is 0.497 e. The molecule has 1 aliphatic heterocycles. The Bertz CT molecular complexity index is 145. The van der Waals surface area contributed by atoms with E-state index in [2.05, 4.69) is 19.1 Å². The average molecular weight is 138 g/mol. The highest BCUT2D eigenvalue weighted by molar-refractivity contribution is 5.18. The third-order valence-electron chi connectivity index (χ3n) is 1.58. The number of rotatable bonds is 3. The molecule has 0 N–H and O–H groups in total. The second kappa shape index (κ2) is 4.15. The first-order chi connectivity index (χ1) is 4.93. The van der Waals surface area contributed by atoms with Gasteiger partial charge in [-0.05, 0) is 24.5 Å². The predicted octanol–water partition coefficient (Wildman–Crippen LogP) is 2.65. The Hall–Kier alpha value is -0.720. The van der Waals surface area contributed by atoms with Crippen LogP contribution in [0.1, 0.15) is 26.2 Å². The van der Waals surface area contributed by atoms with E-state index >= 15 is 0 Å². The van der Waals surface area contributed by atoms with Gasteiger partial charge in [0.05, 0.1) is 6.26 Å². The molecule has 0 radical (unpaired) electrons. The lowest BCUT2D eigenvalue weighted by Gasteiger charge is -2.06. The molecule has 0 saturated heterocycles. The maximum atomic E-state index is 5.13. The molecule has 0 amide bonds. The Kier molecular flexibility index (Phi) is 3.07. The number of hydrogen-bond acceptors (Lipinski definition) is 1. The molecule has 0 aromatic rings. The van der Waals surface area contributed by atoms with Crippen molar-refractivity contribution in [2.75, 3.05) is 6.61 Å². The first kappa shape index (κ1) is 7.39. The molecule has 0 fully saturated rings. The SMILES string of the molecule is CCCCC1=COCC=C1. The van der Waals surface area contributed by atoms with Gasteiger partial charge in [0.15, 0.2) is 0 Å². The molecule has 0 bridgehead atoms. The van der Waals surface area contributed by atoms with Gasteiger partial charge < -0.3 is 4.74 Å². The second-order valence-corrected chi connectivity index (χ2v) is 2.53. The summed E-state index contributed by atoms with van der Waals surface area (Å²) in [4.78, 5) is 0. The fraction of sp³-hybridized carbons (Fsp3) is 0.556. The molecule has 0 aromatic heterocycles. The van der Waals surface area contributed by atoms with Gasteiger partial charge in [-0.2, -0.15) is 0 Å². The predicted molar refractivity (Wildman–Crippen MR) is 42.7 cm³/mol. The van der Waals surface area contributed by atoms with E-state index in [0.29, 0.717) is 0 Å². The summed E-state index contributed by atoms with van der Waals surface area (Å²) in [7, 11) is 0. The Morgan fingerprint density at radius 3 is 3.10 bits per heavy atom. The van der Waals surface area contributed by atoms with Crippen molar-refractivity contribution in [1.29, 1.82) is 0 Å². The van der Waals surface area contributed by atoms with Crippen LogP contribution in [0.25, 0.3) is 0 Å². The summed E-state index contributed by atoms with van der Waals surface area (Å²) >= 11 is 0. The van der Waals surface area contributed by atoms with E-state index < -0.39 is 0 Å². The van der Waals surface area contributed by atoms with Crippen molar-refractivity contribution in [1.82, 2.24) is 0 Å². The van der Waals surface area contributed by atoms with Gasteiger partial charge in [0, 0.05) is 0 Å². The summed E-state index contributed by atoms with van der Waals surface area (Å²) in [5.74, 6) is 0. The molecular weight excluding hydrogens is 124 g/mol. The van der Waals surface area contributed by atoms with E-state index in [1.165, 1.54) is 18.4 Å². The summed E-state index contributed by atoms with van der Waals surface area (Å²) in [6, 6.07) is 0. The van der Waals surface area contributed by atoms with Crippen LogP contribution in [-0.2, 0) is 4.74 Å². The third kappa shape index (κ3) is 2.26. The maximum Gasteiger partial charge on any atom is 0.106 e. The lowest BCUT2D eigenvalue weighted by atomic mass is 10.1. The smallest absolute Gasteiger partial charge is 0.106 e. The molecule has 56 valence electrons. The standard InChI is InChI=1S/C9H14O/c1-2-3-5-9-6-4-7-10-8-9/h4,6,8H,2-3,5,7H2,1H3. The van der Waals surface area contributed by atoms with E-state index in [1.807, 2.05) is 6.26 Å². The van der Waals surface area contributed by atoms with Crippen LogP contribution in [0.2, 0.25) is 0 Å². The molecule has 10 heavy (non-hydrogen) atoms. The van der Waals surface area contributed by atoms with E-state index in [4.69, 9.17) is 4.74 Å². The molecule has 0 saturated carbocycles. The Morgan fingerprint density at radius 2 is 2.50 bits per heavy atom. The molecule has 1 heteroatoms. The zero-order valence-corrected chi connectivity index (χ0v) is 6.47. The highest BCUT2D eigenvalue weighted by Crippen LogP contribution is 2.11. The number of unbranched alkanes of at least 4 members (excludes halogenated alkanes) is 1.